The molecular formula is C17H26N2O2. The van der Waals surface area contributed by atoms with Crippen LogP contribution in [0.3, 0.4) is 0 Å². The molecule has 2 aliphatic rings. The Labute approximate surface area is 127 Å². The van der Waals surface area contributed by atoms with E-state index in [4.69, 9.17) is 5.73 Å². The van der Waals surface area contributed by atoms with Crippen molar-refractivity contribution in [2.75, 3.05) is 7.05 Å². The number of nitrogens with two attached hydrogens (primary N) is 1. The van der Waals surface area contributed by atoms with Gasteiger partial charge in [0.15, 0.2) is 0 Å². The van der Waals surface area contributed by atoms with Crippen molar-refractivity contribution >= 4 is 11.7 Å². The maximum atomic E-state index is 12.9. The molecule has 4 nitrogen and oxygen atoms in total. The zero-order valence-electron chi connectivity index (χ0n) is 13.1. The lowest BCUT2D eigenvalue weighted by Gasteiger charge is -2.30. The average molecular weight is 290 g/mol. The zero-order chi connectivity index (χ0) is 15.4. The first-order valence-corrected chi connectivity index (χ1v) is 8.02. The van der Waals surface area contributed by atoms with Gasteiger partial charge in [-0.3, -0.25) is 9.59 Å². The lowest BCUT2D eigenvalue weighted by molar-refractivity contribution is -0.126. The number of rotatable bonds is 5. The van der Waals surface area contributed by atoms with E-state index in [1.54, 1.807) is 4.90 Å². The Morgan fingerprint density at radius 1 is 1.33 bits per heavy atom. The summed E-state index contributed by atoms with van der Waals surface area (Å²) in [5, 5.41) is 0. The topological polar surface area (TPSA) is 63.4 Å². The number of ketones is 1. The molecule has 4 heteroatoms. The van der Waals surface area contributed by atoms with Gasteiger partial charge in [-0.1, -0.05) is 32.3 Å². The van der Waals surface area contributed by atoms with Gasteiger partial charge in [-0.05, 0) is 31.3 Å². The minimum absolute atomic E-state index is 0.164. The molecule has 0 aromatic heterocycles. The van der Waals surface area contributed by atoms with E-state index in [-0.39, 0.29) is 11.8 Å². The predicted molar refractivity (Wildman–Crippen MR) is 83.1 cm³/mol. The highest BCUT2D eigenvalue weighted by Crippen LogP contribution is 2.34. The molecule has 21 heavy (non-hydrogen) atoms. The Bertz CT molecular complexity index is 473. The average Bonchev–Trinajstić information content (AvgIpc) is 2.48. The zero-order valence-corrected chi connectivity index (χ0v) is 13.1. The summed E-state index contributed by atoms with van der Waals surface area (Å²) >= 11 is 0. The van der Waals surface area contributed by atoms with Gasteiger partial charge in [-0.2, -0.15) is 0 Å². The second-order valence-electron chi connectivity index (χ2n) is 6.14. The second kappa shape index (κ2) is 6.92. The first-order chi connectivity index (χ1) is 10.1. The molecule has 1 fully saturated rings. The highest BCUT2D eigenvalue weighted by Gasteiger charge is 2.32. The number of likely N-dealkylation sites (N-methyl/N-ethyl adjacent to an activating group) is 1. The maximum Gasteiger partial charge on any atom is 0.265 e. The van der Waals surface area contributed by atoms with Crippen LogP contribution in [-0.4, -0.2) is 23.6 Å². The molecule has 1 aliphatic carbocycles. The molecule has 116 valence electrons. The van der Waals surface area contributed by atoms with Gasteiger partial charge in [-0.25, -0.2) is 0 Å². The lowest BCUT2D eigenvalue weighted by Crippen LogP contribution is -2.34. The minimum atomic E-state index is -0.438. The monoisotopic (exact) mass is 290 g/mol. The van der Waals surface area contributed by atoms with Crippen LogP contribution in [0.5, 0.6) is 0 Å². The van der Waals surface area contributed by atoms with Gasteiger partial charge in [-0.15, -0.1) is 0 Å². The number of hydrogen-bond acceptors (Lipinski definition) is 3. The Kier molecular flexibility index (Phi) is 5.21. The number of Topliss-reactive ketones (excluding diaryl/α,β-unsaturated/α-hetero) is 1. The van der Waals surface area contributed by atoms with Gasteiger partial charge in [0.05, 0.1) is 0 Å². The molecule has 1 saturated carbocycles. The smallest absolute Gasteiger partial charge is 0.265 e. The van der Waals surface area contributed by atoms with E-state index < -0.39 is 5.91 Å². The fourth-order valence-corrected chi connectivity index (χ4v) is 3.67. The molecule has 1 unspecified atom stereocenters. The van der Waals surface area contributed by atoms with Crippen LogP contribution in [0.2, 0.25) is 0 Å². The van der Waals surface area contributed by atoms with Crippen LogP contribution >= 0.6 is 0 Å². The summed E-state index contributed by atoms with van der Waals surface area (Å²) in [5.74, 6) is -0.120. The van der Waals surface area contributed by atoms with E-state index in [1.165, 1.54) is 6.42 Å². The second-order valence-corrected chi connectivity index (χ2v) is 6.14. The summed E-state index contributed by atoms with van der Waals surface area (Å²) in [5.41, 5.74) is 6.95. The minimum Gasteiger partial charge on any atom is -0.364 e. The van der Waals surface area contributed by atoms with Crippen molar-refractivity contribution in [1.29, 1.82) is 0 Å². The van der Waals surface area contributed by atoms with Crippen molar-refractivity contribution in [3.05, 3.63) is 23.5 Å². The molecule has 0 saturated heterocycles. The van der Waals surface area contributed by atoms with E-state index in [0.29, 0.717) is 17.9 Å². The maximum absolute atomic E-state index is 12.9. The predicted octanol–water partition coefficient (Wildman–Crippen LogP) is 2.75. The molecule has 1 heterocycles. The molecule has 1 aliphatic heterocycles. The van der Waals surface area contributed by atoms with Crippen LogP contribution in [-0.2, 0) is 9.59 Å². The summed E-state index contributed by atoms with van der Waals surface area (Å²) in [7, 11) is 1.81. The van der Waals surface area contributed by atoms with Crippen molar-refractivity contribution in [2.45, 2.75) is 51.9 Å². The number of amides is 1. The number of carbonyl (C=O) groups is 2. The summed E-state index contributed by atoms with van der Waals surface area (Å²) in [4.78, 5) is 26.4. The van der Waals surface area contributed by atoms with Crippen molar-refractivity contribution in [3.8, 4) is 0 Å². The molecule has 0 aromatic carbocycles. The van der Waals surface area contributed by atoms with E-state index in [9.17, 15) is 9.59 Å². The Hall–Kier alpha value is -1.58. The number of carbonyl (C=O) groups excluding carboxylic acids is 2. The SMILES string of the molecule is CCC(C(=O)C1CCCCC1)C1=C(C(N)=O)N(C)C=CC1. The summed E-state index contributed by atoms with van der Waals surface area (Å²) in [6.07, 6.45) is 10.8. The largest absolute Gasteiger partial charge is 0.364 e. The third kappa shape index (κ3) is 3.36. The molecule has 1 amide bonds. The quantitative estimate of drug-likeness (QED) is 0.846. The van der Waals surface area contributed by atoms with Crippen molar-refractivity contribution < 1.29 is 9.59 Å². The number of allylic oxidation sites excluding steroid dienone is 2. The van der Waals surface area contributed by atoms with Crippen molar-refractivity contribution in [1.82, 2.24) is 4.90 Å². The molecule has 0 radical (unpaired) electrons. The van der Waals surface area contributed by atoms with E-state index >= 15 is 0 Å². The molecule has 2 rings (SSSR count). The summed E-state index contributed by atoms with van der Waals surface area (Å²) < 4.78 is 0. The third-order valence-corrected chi connectivity index (χ3v) is 4.74. The van der Waals surface area contributed by atoms with Crippen LogP contribution in [0.15, 0.2) is 23.5 Å². The van der Waals surface area contributed by atoms with Crippen molar-refractivity contribution in [3.63, 3.8) is 0 Å². The van der Waals surface area contributed by atoms with Crippen LogP contribution in [0.1, 0.15) is 51.9 Å². The van der Waals surface area contributed by atoms with Crippen LogP contribution in [0.25, 0.3) is 0 Å². The molecule has 2 N–H and O–H groups in total. The Morgan fingerprint density at radius 2 is 2.00 bits per heavy atom. The normalized spacial score (nSPS) is 21.5. The van der Waals surface area contributed by atoms with Gasteiger partial charge >= 0.3 is 0 Å². The van der Waals surface area contributed by atoms with E-state index in [2.05, 4.69) is 0 Å². The molecule has 0 aromatic rings. The molecule has 0 bridgehead atoms. The molecule has 1 atom stereocenters. The van der Waals surface area contributed by atoms with E-state index in [1.807, 2.05) is 26.2 Å². The highest BCUT2D eigenvalue weighted by molar-refractivity contribution is 5.95. The van der Waals surface area contributed by atoms with E-state index in [0.717, 1.165) is 37.7 Å². The van der Waals surface area contributed by atoms with Gasteiger partial charge in [0.2, 0.25) is 0 Å². The molecular weight excluding hydrogens is 264 g/mol. The fraction of sp³-hybridized carbons (Fsp3) is 0.647. The van der Waals surface area contributed by atoms with Crippen molar-refractivity contribution in [2.24, 2.45) is 17.6 Å². The van der Waals surface area contributed by atoms with Crippen LogP contribution < -0.4 is 5.73 Å². The standard InChI is InChI=1S/C17H26N2O2/c1-3-13(16(20)12-8-5-4-6-9-12)14-10-7-11-19(2)15(14)17(18)21/h7,11-13H,3-6,8-10H2,1-2H3,(H2,18,21). The third-order valence-electron chi connectivity index (χ3n) is 4.74. The van der Waals surface area contributed by atoms with Gasteiger partial charge < -0.3 is 10.6 Å². The first-order valence-electron chi connectivity index (χ1n) is 8.02. The fourth-order valence-electron chi connectivity index (χ4n) is 3.67. The Morgan fingerprint density at radius 3 is 2.57 bits per heavy atom. The lowest BCUT2D eigenvalue weighted by atomic mass is 9.76. The van der Waals surface area contributed by atoms with Crippen LogP contribution in [0.4, 0.5) is 0 Å². The number of primary amides is 1. The van der Waals surface area contributed by atoms with Gasteiger partial charge in [0.25, 0.3) is 5.91 Å². The van der Waals surface area contributed by atoms with Gasteiger partial charge in [0, 0.05) is 25.1 Å². The Balaban J connectivity index is 2.27. The first kappa shape index (κ1) is 15.8. The number of hydrogen-bond donors (Lipinski definition) is 1. The summed E-state index contributed by atoms with van der Waals surface area (Å²) in [6, 6.07) is 0. The van der Waals surface area contributed by atoms with Crippen LogP contribution in [0, 0.1) is 11.8 Å². The number of nitrogens with zero attached hydrogens (tertiary/aromatic N) is 1. The summed E-state index contributed by atoms with van der Waals surface area (Å²) in [6.45, 7) is 2.02. The highest BCUT2D eigenvalue weighted by atomic mass is 16.1. The van der Waals surface area contributed by atoms with Gasteiger partial charge in [0.1, 0.15) is 11.5 Å². The molecule has 0 spiro atoms.